The zero-order valence-electron chi connectivity index (χ0n) is 32.4. The largest absolute Gasteiger partial charge is 0.462 e. The quantitative estimate of drug-likeness (QED) is 0.115. The third kappa shape index (κ3) is 6.81. The zero-order valence-corrected chi connectivity index (χ0v) is 32.4. The van der Waals surface area contributed by atoms with E-state index in [2.05, 4.69) is 62.0 Å². The molecule has 0 aromatic rings. The normalized spacial score (nSPS) is 42.8. The van der Waals surface area contributed by atoms with E-state index in [9.17, 15) is 9.90 Å². The Bertz CT molecular complexity index is 1090. The number of unbranched alkanes of at least 4 members (excludes halogenated alkanes) is 8. The molecule has 0 spiro atoms. The maximum atomic E-state index is 13.2. The maximum absolute atomic E-state index is 13.2. The van der Waals surface area contributed by atoms with Gasteiger partial charge in [0.05, 0.1) is 12.5 Å². The molecule has 47 heavy (non-hydrogen) atoms. The molecule has 11 unspecified atom stereocenters. The van der Waals surface area contributed by atoms with Crippen LogP contribution in [0.3, 0.4) is 0 Å². The van der Waals surface area contributed by atoms with E-state index < -0.39 is 6.10 Å². The van der Waals surface area contributed by atoms with Gasteiger partial charge in [0, 0.05) is 5.41 Å². The van der Waals surface area contributed by atoms with Crippen LogP contribution in [-0.4, -0.2) is 23.3 Å². The predicted octanol–water partition coefficient (Wildman–Crippen LogP) is 12.2. The summed E-state index contributed by atoms with van der Waals surface area (Å²) in [5, 5.41) is 10.7. The van der Waals surface area contributed by atoms with Crippen LogP contribution in [0.15, 0.2) is 12.2 Å². The van der Waals surface area contributed by atoms with Gasteiger partial charge < -0.3 is 9.84 Å². The van der Waals surface area contributed by atoms with Crippen molar-refractivity contribution in [3.63, 3.8) is 0 Å². The summed E-state index contributed by atoms with van der Waals surface area (Å²) < 4.78 is 6.32. The minimum Gasteiger partial charge on any atom is -0.462 e. The van der Waals surface area contributed by atoms with Gasteiger partial charge in [0.25, 0.3) is 0 Å². The molecule has 0 radical (unpaired) electrons. The van der Waals surface area contributed by atoms with Gasteiger partial charge >= 0.3 is 5.97 Å². The molecule has 0 amide bonds. The first-order valence-electron chi connectivity index (χ1n) is 20.7. The number of hydrogen-bond donors (Lipinski definition) is 1. The second-order valence-electron chi connectivity index (χ2n) is 19.7. The van der Waals surface area contributed by atoms with Crippen LogP contribution in [0.1, 0.15) is 190 Å². The Kier molecular flexibility index (Phi) is 11.5. The molecule has 11 atom stereocenters. The average molecular weight is 653 g/mol. The molecule has 0 aromatic carbocycles. The highest BCUT2D eigenvalue weighted by Gasteiger charge is 2.70. The van der Waals surface area contributed by atoms with Crippen molar-refractivity contribution < 1.29 is 14.6 Å². The molecule has 5 saturated carbocycles. The van der Waals surface area contributed by atoms with Gasteiger partial charge in [-0.25, -0.2) is 0 Å². The number of hydrogen-bond acceptors (Lipinski definition) is 3. The van der Waals surface area contributed by atoms with E-state index in [1.165, 1.54) is 102 Å². The summed E-state index contributed by atoms with van der Waals surface area (Å²) in [4.78, 5) is 13.2. The number of fused-ring (bicyclic) bond motifs is 7. The first-order valence-corrected chi connectivity index (χ1v) is 20.7. The Labute approximate surface area is 291 Å². The Morgan fingerprint density at radius 2 is 1.43 bits per heavy atom. The molecular weight excluding hydrogens is 576 g/mol. The fourth-order valence-electron chi connectivity index (χ4n) is 13.9. The molecule has 5 aliphatic carbocycles. The molecule has 0 aliphatic heterocycles. The lowest BCUT2D eigenvalue weighted by Crippen LogP contribution is -2.66. The van der Waals surface area contributed by atoms with Gasteiger partial charge in [-0.1, -0.05) is 118 Å². The van der Waals surface area contributed by atoms with Crippen LogP contribution >= 0.6 is 0 Å². The number of carbonyl (C=O) groups is 1. The van der Waals surface area contributed by atoms with E-state index in [0.717, 1.165) is 43.4 Å². The van der Waals surface area contributed by atoms with Crippen molar-refractivity contribution in [1.82, 2.24) is 0 Å². The van der Waals surface area contributed by atoms with Crippen LogP contribution in [0.25, 0.3) is 0 Å². The number of carbonyl (C=O) groups excluding carboxylic acids is 1. The highest BCUT2D eigenvalue weighted by Crippen LogP contribution is 2.77. The van der Waals surface area contributed by atoms with Gasteiger partial charge in [0.2, 0.25) is 0 Å². The predicted molar refractivity (Wildman–Crippen MR) is 197 cm³/mol. The van der Waals surface area contributed by atoms with Crippen LogP contribution in [0.5, 0.6) is 0 Å². The molecule has 3 heteroatoms. The smallest absolute Gasteiger partial charge is 0.308 e. The summed E-state index contributed by atoms with van der Waals surface area (Å²) in [6, 6.07) is 0. The van der Waals surface area contributed by atoms with E-state index >= 15 is 0 Å². The third-order valence-corrected chi connectivity index (χ3v) is 16.7. The fourth-order valence-corrected chi connectivity index (χ4v) is 13.9. The van der Waals surface area contributed by atoms with Crippen molar-refractivity contribution in [2.24, 2.45) is 56.7 Å². The molecule has 5 rings (SSSR count). The van der Waals surface area contributed by atoms with Crippen molar-refractivity contribution in [1.29, 1.82) is 0 Å². The van der Waals surface area contributed by atoms with Gasteiger partial charge in [0.1, 0.15) is 6.10 Å². The van der Waals surface area contributed by atoms with Crippen LogP contribution in [0.4, 0.5) is 0 Å². The molecular formula is C44H76O3. The zero-order chi connectivity index (χ0) is 34.3. The number of aliphatic hydroxyl groups excluding tert-OH is 1. The lowest BCUT2D eigenvalue weighted by atomic mass is 9.32. The lowest BCUT2D eigenvalue weighted by Gasteiger charge is -2.73. The highest BCUT2D eigenvalue weighted by atomic mass is 16.5. The molecule has 1 N–H and O–H groups in total. The monoisotopic (exact) mass is 653 g/mol. The fraction of sp³-hybridized carbons (Fsp3) is 0.932. The van der Waals surface area contributed by atoms with Crippen LogP contribution in [-0.2, 0) is 9.53 Å². The molecule has 0 saturated heterocycles. The van der Waals surface area contributed by atoms with Crippen molar-refractivity contribution in [3.05, 3.63) is 12.2 Å². The summed E-state index contributed by atoms with van der Waals surface area (Å²) in [6.07, 6.45) is 24.7. The SMILES string of the molecule is C=C(C)C1CCC2(C)CCC3(C)C(CCC4C5(C)CCC(OC(=O)CC(O)CCCCCCCCCCC)C(C)(C)C5CCC43C)C12. The molecule has 0 aromatic heterocycles. The van der Waals surface area contributed by atoms with Gasteiger partial charge in [-0.15, -0.1) is 0 Å². The minimum atomic E-state index is -0.572. The van der Waals surface area contributed by atoms with Gasteiger partial charge in [-0.05, 0) is 129 Å². The van der Waals surface area contributed by atoms with E-state index in [-0.39, 0.29) is 29.3 Å². The van der Waals surface area contributed by atoms with Crippen LogP contribution in [0.2, 0.25) is 0 Å². The van der Waals surface area contributed by atoms with E-state index in [4.69, 9.17) is 4.74 Å². The summed E-state index contributed by atoms with van der Waals surface area (Å²) in [5.74, 6) is 3.46. The van der Waals surface area contributed by atoms with Gasteiger partial charge in [0.15, 0.2) is 0 Å². The second kappa shape index (κ2) is 14.4. The Morgan fingerprint density at radius 1 is 0.766 bits per heavy atom. The van der Waals surface area contributed by atoms with E-state index in [1.807, 2.05) is 0 Å². The first-order chi connectivity index (χ1) is 22.1. The van der Waals surface area contributed by atoms with Crippen LogP contribution in [0, 0.1) is 56.7 Å². The summed E-state index contributed by atoms with van der Waals surface area (Å²) in [5.41, 5.74) is 2.94. The Morgan fingerprint density at radius 3 is 2.09 bits per heavy atom. The Balaban J connectivity index is 1.17. The van der Waals surface area contributed by atoms with Gasteiger partial charge in [-0.3, -0.25) is 4.79 Å². The number of ether oxygens (including phenoxy) is 1. The molecule has 5 fully saturated rings. The van der Waals surface area contributed by atoms with Crippen molar-refractivity contribution >= 4 is 5.97 Å². The Hall–Kier alpha value is -0.830. The number of aliphatic hydroxyl groups is 1. The van der Waals surface area contributed by atoms with Crippen LogP contribution < -0.4 is 0 Å². The lowest BCUT2D eigenvalue weighted by molar-refractivity contribution is -0.249. The van der Waals surface area contributed by atoms with E-state index in [0.29, 0.717) is 34.5 Å². The molecule has 270 valence electrons. The second-order valence-corrected chi connectivity index (χ2v) is 19.7. The van der Waals surface area contributed by atoms with Gasteiger partial charge in [-0.2, -0.15) is 0 Å². The standard InChI is InChI=1S/C44H76O3/c1-10-11-12-13-14-15-16-17-18-19-32(45)30-38(46)47-37-24-26-42(7)35(40(37,4)5)23-27-44(9)36(42)21-20-34-39-33(31(2)3)22-25-41(39,6)28-29-43(34,44)8/h32-37,39,45H,2,10-30H2,1,3-9H3. The number of allylic oxidation sites excluding steroid dienone is 1. The van der Waals surface area contributed by atoms with Crippen molar-refractivity contribution in [3.8, 4) is 0 Å². The maximum Gasteiger partial charge on any atom is 0.308 e. The number of esters is 1. The molecule has 0 heterocycles. The van der Waals surface area contributed by atoms with Crippen molar-refractivity contribution in [2.75, 3.05) is 0 Å². The molecule has 0 bridgehead atoms. The average Bonchev–Trinajstić information content (AvgIpc) is 3.36. The first kappa shape index (κ1) is 37.4. The van der Waals surface area contributed by atoms with Crippen molar-refractivity contribution in [2.45, 2.75) is 202 Å². The minimum absolute atomic E-state index is 0.0468. The third-order valence-electron chi connectivity index (χ3n) is 16.7. The summed E-state index contributed by atoms with van der Waals surface area (Å²) in [7, 11) is 0. The van der Waals surface area contributed by atoms with E-state index in [1.54, 1.807) is 0 Å². The highest BCUT2D eigenvalue weighted by molar-refractivity contribution is 5.70. The number of rotatable bonds is 14. The summed E-state index contributed by atoms with van der Waals surface area (Å²) in [6.45, 7) is 24.7. The summed E-state index contributed by atoms with van der Waals surface area (Å²) >= 11 is 0. The topological polar surface area (TPSA) is 46.5 Å². The molecule has 3 nitrogen and oxygen atoms in total. The molecule has 5 aliphatic rings.